The fourth-order valence-electron chi connectivity index (χ4n) is 2.03. The highest BCUT2D eigenvalue weighted by atomic mass is 16.5. The Morgan fingerprint density at radius 3 is 2.42 bits per heavy atom. The van der Waals surface area contributed by atoms with Crippen LogP contribution in [0.2, 0.25) is 0 Å². The van der Waals surface area contributed by atoms with Gasteiger partial charge in [0.1, 0.15) is 5.69 Å². The monoisotopic (exact) mass is 257 g/mol. The number of aromatic nitrogens is 2. The minimum absolute atomic E-state index is 0.464. The fraction of sp³-hybridized carbons (Fsp3) is 0.333. The van der Waals surface area contributed by atoms with Crippen molar-refractivity contribution in [3.8, 4) is 5.88 Å². The van der Waals surface area contributed by atoms with Crippen LogP contribution in [0.4, 0.5) is 0 Å². The molecule has 4 heteroatoms. The van der Waals surface area contributed by atoms with Crippen molar-refractivity contribution >= 4 is 0 Å². The molecule has 0 aliphatic rings. The lowest BCUT2D eigenvalue weighted by Crippen LogP contribution is -2.36. The molecule has 0 saturated heterocycles. The summed E-state index contributed by atoms with van der Waals surface area (Å²) >= 11 is 0. The van der Waals surface area contributed by atoms with Gasteiger partial charge in [-0.2, -0.15) is 0 Å². The number of nitrogens with zero attached hydrogens (tertiary/aromatic N) is 2. The van der Waals surface area contributed by atoms with Gasteiger partial charge in [0.25, 0.3) is 0 Å². The lowest BCUT2D eigenvalue weighted by Gasteiger charge is -2.26. The molecule has 0 aliphatic heterocycles. The maximum Gasteiger partial charge on any atom is 0.237 e. The molecule has 2 N–H and O–H groups in total. The molecule has 4 nitrogen and oxygen atoms in total. The zero-order valence-corrected chi connectivity index (χ0v) is 11.8. The van der Waals surface area contributed by atoms with Gasteiger partial charge in [-0.05, 0) is 37.5 Å². The molecule has 1 aromatic carbocycles. The van der Waals surface area contributed by atoms with Crippen LogP contribution >= 0.6 is 0 Å². The molecule has 19 heavy (non-hydrogen) atoms. The number of benzene rings is 1. The van der Waals surface area contributed by atoms with E-state index in [-0.39, 0.29) is 0 Å². The number of aryl methyl sites for hydroxylation is 2. The smallest absolute Gasteiger partial charge is 0.237 e. The summed E-state index contributed by atoms with van der Waals surface area (Å²) in [5, 5.41) is 0. The first-order valence-corrected chi connectivity index (χ1v) is 6.19. The van der Waals surface area contributed by atoms with Crippen molar-refractivity contribution in [1.82, 2.24) is 9.97 Å². The Kier molecular flexibility index (Phi) is 3.53. The van der Waals surface area contributed by atoms with Crippen LogP contribution in [0.15, 0.2) is 30.6 Å². The van der Waals surface area contributed by atoms with Crippen LogP contribution in [0.25, 0.3) is 0 Å². The maximum absolute atomic E-state index is 6.47. The molecule has 0 saturated carbocycles. The van der Waals surface area contributed by atoms with E-state index in [1.807, 2.05) is 13.0 Å². The number of hydrogen-bond acceptors (Lipinski definition) is 4. The summed E-state index contributed by atoms with van der Waals surface area (Å²) in [5.74, 6) is 0.464. The Bertz CT molecular complexity index is 594. The summed E-state index contributed by atoms with van der Waals surface area (Å²) in [7, 11) is 1.57. The molecule has 0 spiro atoms. The lowest BCUT2D eigenvalue weighted by molar-refractivity contribution is 0.376. The molecule has 1 atom stereocenters. The van der Waals surface area contributed by atoms with Crippen molar-refractivity contribution in [1.29, 1.82) is 0 Å². The first-order valence-electron chi connectivity index (χ1n) is 6.19. The molecule has 0 aliphatic carbocycles. The summed E-state index contributed by atoms with van der Waals surface area (Å²) in [6.45, 7) is 6.07. The van der Waals surface area contributed by atoms with Gasteiger partial charge in [-0.3, -0.25) is 4.98 Å². The molecule has 2 rings (SSSR count). The summed E-state index contributed by atoms with van der Waals surface area (Å²) in [6.07, 6.45) is 3.23. The number of rotatable bonds is 3. The topological polar surface area (TPSA) is 61.0 Å². The number of nitrogens with two attached hydrogens (primary N) is 1. The van der Waals surface area contributed by atoms with Gasteiger partial charge in [0.2, 0.25) is 5.88 Å². The van der Waals surface area contributed by atoms with Crippen LogP contribution in [0, 0.1) is 13.8 Å². The SMILES string of the molecule is COc1nccnc1C(C)(N)c1ccc(C)c(C)c1. The molecule has 0 bridgehead atoms. The van der Waals surface area contributed by atoms with E-state index in [0.29, 0.717) is 11.6 Å². The van der Waals surface area contributed by atoms with Gasteiger partial charge >= 0.3 is 0 Å². The second kappa shape index (κ2) is 4.97. The van der Waals surface area contributed by atoms with Crippen molar-refractivity contribution in [3.05, 3.63) is 53.0 Å². The van der Waals surface area contributed by atoms with E-state index in [1.54, 1.807) is 19.5 Å². The molecule has 1 aromatic heterocycles. The van der Waals surface area contributed by atoms with Crippen molar-refractivity contribution in [2.45, 2.75) is 26.3 Å². The van der Waals surface area contributed by atoms with E-state index in [2.05, 4.69) is 35.9 Å². The van der Waals surface area contributed by atoms with Gasteiger partial charge in [-0.25, -0.2) is 4.98 Å². The minimum Gasteiger partial charge on any atom is -0.480 e. The average Bonchev–Trinajstić information content (AvgIpc) is 2.41. The Hall–Kier alpha value is -1.94. The largest absolute Gasteiger partial charge is 0.480 e. The van der Waals surface area contributed by atoms with E-state index >= 15 is 0 Å². The zero-order valence-electron chi connectivity index (χ0n) is 11.8. The van der Waals surface area contributed by atoms with E-state index in [4.69, 9.17) is 10.5 Å². The average molecular weight is 257 g/mol. The first-order chi connectivity index (χ1) is 8.96. The Morgan fingerprint density at radius 1 is 1.11 bits per heavy atom. The van der Waals surface area contributed by atoms with Gasteiger partial charge in [0.05, 0.1) is 12.6 Å². The summed E-state index contributed by atoms with van der Waals surface area (Å²) < 4.78 is 5.25. The third-order valence-corrected chi connectivity index (χ3v) is 3.46. The number of ether oxygens (including phenoxy) is 1. The normalized spacial score (nSPS) is 13.9. The highest BCUT2D eigenvalue weighted by molar-refractivity contribution is 5.41. The maximum atomic E-state index is 6.47. The van der Waals surface area contributed by atoms with Crippen molar-refractivity contribution in [2.24, 2.45) is 5.73 Å². The second-order valence-electron chi connectivity index (χ2n) is 4.92. The Morgan fingerprint density at radius 2 is 1.79 bits per heavy atom. The molecule has 0 amide bonds. The Balaban J connectivity index is 2.54. The predicted octanol–water partition coefficient (Wildman–Crippen LogP) is 2.32. The molecule has 0 fully saturated rings. The summed E-state index contributed by atoms with van der Waals surface area (Å²) in [6, 6.07) is 6.18. The predicted molar refractivity (Wildman–Crippen MR) is 75.1 cm³/mol. The minimum atomic E-state index is -0.738. The van der Waals surface area contributed by atoms with Crippen LogP contribution < -0.4 is 10.5 Å². The molecular formula is C15H19N3O. The van der Waals surface area contributed by atoms with Gasteiger partial charge in [-0.1, -0.05) is 18.2 Å². The molecule has 2 aromatic rings. The number of hydrogen-bond donors (Lipinski definition) is 1. The summed E-state index contributed by atoms with van der Waals surface area (Å²) in [4.78, 5) is 8.50. The van der Waals surface area contributed by atoms with Gasteiger partial charge in [0.15, 0.2) is 0 Å². The first kappa shape index (κ1) is 13.5. The van der Waals surface area contributed by atoms with Crippen LogP contribution in [0.1, 0.15) is 29.3 Å². The Labute approximate surface area is 113 Å². The fourth-order valence-corrected chi connectivity index (χ4v) is 2.03. The molecule has 100 valence electrons. The van der Waals surface area contributed by atoms with E-state index in [1.165, 1.54) is 11.1 Å². The summed E-state index contributed by atoms with van der Waals surface area (Å²) in [5.41, 5.74) is 9.82. The highest BCUT2D eigenvalue weighted by Crippen LogP contribution is 2.30. The van der Waals surface area contributed by atoms with Crippen LogP contribution in [-0.2, 0) is 5.54 Å². The molecular weight excluding hydrogens is 238 g/mol. The molecule has 1 heterocycles. The van der Waals surface area contributed by atoms with Crippen LogP contribution in [-0.4, -0.2) is 17.1 Å². The standard InChI is InChI=1S/C15H19N3O/c1-10-5-6-12(9-11(10)2)15(3,16)13-14(19-4)18-8-7-17-13/h5-9H,16H2,1-4H3. The van der Waals surface area contributed by atoms with Crippen molar-refractivity contribution in [2.75, 3.05) is 7.11 Å². The van der Waals surface area contributed by atoms with Crippen LogP contribution in [0.3, 0.4) is 0 Å². The third-order valence-electron chi connectivity index (χ3n) is 3.46. The van der Waals surface area contributed by atoms with Gasteiger partial charge in [0, 0.05) is 12.4 Å². The molecule has 1 unspecified atom stereocenters. The second-order valence-corrected chi connectivity index (χ2v) is 4.92. The molecule has 0 radical (unpaired) electrons. The van der Waals surface area contributed by atoms with E-state index in [0.717, 1.165) is 5.56 Å². The van der Waals surface area contributed by atoms with Crippen molar-refractivity contribution in [3.63, 3.8) is 0 Å². The van der Waals surface area contributed by atoms with E-state index in [9.17, 15) is 0 Å². The van der Waals surface area contributed by atoms with E-state index < -0.39 is 5.54 Å². The highest BCUT2D eigenvalue weighted by Gasteiger charge is 2.29. The third kappa shape index (κ3) is 2.44. The number of methoxy groups -OCH3 is 1. The zero-order chi connectivity index (χ0) is 14.0. The quantitative estimate of drug-likeness (QED) is 0.916. The van der Waals surface area contributed by atoms with Gasteiger partial charge < -0.3 is 10.5 Å². The van der Waals surface area contributed by atoms with Crippen molar-refractivity contribution < 1.29 is 4.74 Å². The lowest BCUT2D eigenvalue weighted by atomic mass is 9.87. The van der Waals surface area contributed by atoms with Gasteiger partial charge in [-0.15, -0.1) is 0 Å². The van der Waals surface area contributed by atoms with Crippen LogP contribution in [0.5, 0.6) is 5.88 Å².